The van der Waals surface area contributed by atoms with E-state index in [1.54, 1.807) is 7.05 Å². The van der Waals surface area contributed by atoms with E-state index in [2.05, 4.69) is 47.9 Å². The molecule has 0 aliphatic rings. The van der Waals surface area contributed by atoms with Crippen LogP contribution in [0.3, 0.4) is 0 Å². The molecule has 0 saturated heterocycles. The molecule has 0 bridgehead atoms. The molecule has 1 unspecified atom stereocenters. The van der Waals surface area contributed by atoms with Crippen LogP contribution in [0, 0.1) is 0 Å². The minimum Gasteiger partial charge on any atom is -0.358 e. The van der Waals surface area contributed by atoms with Crippen molar-refractivity contribution in [2.75, 3.05) is 13.6 Å². The molecule has 3 nitrogen and oxygen atoms in total. The minimum absolute atomic E-state index is 0.00244. The van der Waals surface area contributed by atoms with Crippen LogP contribution in [0.1, 0.15) is 18.5 Å². The molecule has 2 rings (SSSR count). The number of likely N-dealkylation sites (N-methyl/N-ethyl adjacent to an activating group) is 1. The van der Waals surface area contributed by atoms with Crippen LogP contribution >= 0.6 is 0 Å². The predicted molar refractivity (Wildman–Crippen MR) is 74.4 cm³/mol. The smallest absolute Gasteiger partial charge is 0.233 e. The summed E-state index contributed by atoms with van der Waals surface area (Å²) < 4.78 is 0. The molecule has 1 atom stereocenters. The summed E-state index contributed by atoms with van der Waals surface area (Å²) in [5, 5.41) is 8.26. The standard InChI is InChI=1S/C15H18N2O/c1-11(17-10-15(18)16-2)13-8-7-12-5-3-4-6-14(12)9-13/h3-9,11,17H,10H2,1-2H3,(H,16,18). The highest BCUT2D eigenvalue weighted by Gasteiger charge is 2.07. The van der Waals surface area contributed by atoms with Gasteiger partial charge >= 0.3 is 0 Å². The summed E-state index contributed by atoms with van der Waals surface area (Å²) in [6.07, 6.45) is 0. The van der Waals surface area contributed by atoms with E-state index in [-0.39, 0.29) is 11.9 Å². The van der Waals surface area contributed by atoms with Crippen molar-refractivity contribution in [1.82, 2.24) is 10.6 Å². The lowest BCUT2D eigenvalue weighted by Gasteiger charge is -2.14. The molecule has 2 N–H and O–H groups in total. The Balaban J connectivity index is 2.12. The Hall–Kier alpha value is -1.87. The minimum atomic E-state index is 0.00244. The average Bonchev–Trinajstić information content (AvgIpc) is 2.43. The van der Waals surface area contributed by atoms with E-state index >= 15 is 0 Å². The van der Waals surface area contributed by atoms with Gasteiger partial charge in [0.15, 0.2) is 0 Å². The Morgan fingerprint density at radius 2 is 1.89 bits per heavy atom. The number of nitrogens with one attached hydrogen (secondary N) is 2. The van der Waals surface area contributed by atoms with E-state index in [0.29, 0.717) is 6.54 Å². The number of fused-ring (bicyclic) bond motifs is 1. The summed E-state index contributed by atoms with van der Waals surface area (Å²) in [4.78, 5) is 11.2. The van der Waals surface area contributed by atoms with E-state index in [0.717, 1.165) is 0 Å². The molecular weight excluding hydrogens is 224 g/mol. The first kappa shape index (κ1) is 12.6. The molecule has 0 saturated carbocycles. The van der Waals surface area contributed by atoms with Gasteiger partial charge in [0.25, 0.3) is 0 Å². The molecule has 1 amide bonds. The van der Waals surface area contributed by atoms with Gasteiger partial charge in [-0.05, 0) is 29.3 Å². The topological polar surface area (TPSA) is 41.1 Å². The third-order valence-corrected chi connectivity index (χ3v) is 3.12. The van der Waals surface area contributed by atoms with Gasteiger partial charge in [0.2, 0.25) is 5.91 Å². The first-order valence-corrected chi connectivity index (χ1v) is 6.13. The fourth-order valence-corrected chi connectivity index (χ4v) is 1.93. The zero-order valence-corrected chi connectivity index (χ0v) is 10.7. The number of hydrogen-bond acceptors (Lipinski definition) is 2. The molecular formula is C15H18N2O. The lowest BCUT2D eigenvalue weighted by Crippen LogP contribution is -2.32. The van der Waals surface area contributed by atoms with E-state index in [1.165, 1.54) is 16.3 Å². The number of hydrogen-bond donors (Lipinski definition) is 2. The van der Waals surface area contributed by atoms with Crippen molar-refractivity contribution in [3.63, 3.8) is 0 Å². The second-order valence-electron chi connectivity index (χ2n) is 4.38. The summed E-state index contributed by atoms with van der Waals surface area (Å²) >= 11 is 0. The van der Waals surface area contributed by atoms with Gasteiger partial charge in [-0.2, -0.15) is 0 Å². The highest BCUT2D eigenvalue weighted by atomic mass is 16.1. The molecule has 3 heteroatoms. The molecule has 0 radical (unpaired) electrons. The predicted octanol–water partition coefficient (Wildman–Crippen LogP) is 2.24. The summed E-state index contributed by atoms with van der Waals surface area (Å²) in [6, 6.07) is 14.8. The number of carbonyl (C=O) groups is 1. The second kappa shape index (κ2) is 5.65. The number of amides is 1. The first-order valence-electron chi connectivity index (χ1n) is 6.13. The number of carbonyl (C=O) groups excluding carboxylic acids is 1. The van der Waals surface area contributed by atoms with Crippen molar-refractivity contribution in [3.05, 3.63) is 48.0 Å². The van der Waals surface area contributed by atoms with Gasteiger partial charge < -0.3 is 10.6 Å². The van der Waals surface area contributed by atoms with Crippen LogP contribution in [0.4, 0.5) is 0 Å². The van der Waals surface area contributed by atoms with E-state index in [1.807, 2.05) is 12.1 Å². The molecule has 94 valence electrons. The van der Waals surface area contributed by atoms with E-state index in [9.17, 15) is 4.79 Å². The highest BCUT2D eigenvalue weighted by Crippen LogP contribution is 2.19. The molecule has 0 heterocycles. The van der Waals surface area contributed by atoms with Gasteiger partial charge in [0, 0.05) is 13.1 Å². The first-order chi connectivity index (χ1) is 8.70. The molecule has 18 heavy (non-hydrogen) atoms. The van der Waals surface area contributed by atoms with Crippen LogP contribution in [0.2, 0.25) is 0 Å². The lowest BCUT2D eigenvalue weighted by molar-refractivity contribution is -0.119. The maximum atomic E-state index is 11.2. The molecule has 0 aliphatic heterocycles. The highest BCUT2D eigenvalue weighted by molar-refractivity contribution is 5.83. The lowest BCUT2D eigenvalue weighted by atomic mass is 10.0. The summed E-state index contributed by atoms with van der Waals surface area (Å²) in [5.41, 5.74) is 1.19. The van der Waals surface area contributed by atoms with Gasteiger partial charge in [0.1, 0.15) is 0 Å². The Morgan fingerprint density at radius 1 is 1.17 bits per heavy atom. The Morgan fingerprint density at radius 3 is 2.61 bits per heavy atom. The molecule has 0 spiro atoms. The Bertz CT molecular complexity index is 551. The van der Waals surface area contributed by atoms with E-state index in [4.69, 9.17) is 0 Å². The zero-order valence-electron chi connectivity index (χ0n) is 10.7. The molecule has 2 aromatic carbocycles. The molecule has 0 aliphatic carbocycles. The number of benzene rings is 2. The van der Waals surface area contributed by atoms with Crippen LogP contribution in [0.5, 0.6) is 0 Å². The van der Waals surface area contributed by atoms with Crippen LogP contribution in [-0.2, 0) is 4.79 Å². The number of rotatable bonds is 4. The van der Waals surface area contributed by atoms with Gasteiger partial charge in [0.05, 0.1) is 6.54 Å². The summed E-state index contributed by atoms with van der Waals surface area (Å²) in [7, 11) is 1.64. The largest absolute Gasteiger partial charge is 0.358 e. The van der Waals surface area contributed by atoms with Crippen molar-refractivity contribution >= 4 is 16.7 Å². The molecule has 0 fully saturated rings. The summed E-state index contributed by atoms with van der Waals surface area (Å²) in [5.74, 6) is 0.00244. The van der Waals surface area contributed by atoms with Crippen molar-refractivity contribution in [1.29, 1.82) is 0 Å². The third-order valence-electron chi connectivity index (χ3n) is 3.12. The molecule has 2 aromatic rings. The van der Waals surface area contributed by atoms with E-state index < -0.39 is 0 Å². The Kier molecular flexibility index (Phi) is 3.95. The van der Waals surface area contributed by atoms with Crippen LogP contribution in [0.25, 0.3) is 10.8 Å². The van der Waals surface area contributed by atoms with Crippen molar-refractivity contribution in [2.45, 2.75) is 13.0 Å². The quantitative estimate of drug-likeness (QED) is 0.863. The van der Waals surface area contributed by atoms with Gasteiger partial charge in [-0.1, -0.05) is 36.4 Å². The maximum Gasteiger partial charge on any atom is 0.233 e. The van der Waals surface area contributed by atoms with Gasteiger partial charge in [-0.15, -0.1) is 0 Å². The van der Waals surface area contributed by atoms with Crippen molar-refractivity contribution in [3.8, 4) is 0 Å². The average molecular weight is 242 g/mol. The normalized spacial score (nSPS) is 12.3. The maximum absolute atomic E-state index is 11.2. The SMILES string of the molecule is CNC(=O)CNC(C)c1ccc2ccccc2c1. The zero-order chi connectivity index (χ0) is 13.0. The third kappa shape index (κ3) is 2.87. The van der Waals surface area contributed by atoms with Crippen molar-refractivity contribution in [2.24, 2.45) is 0 Å². The van der Waals surface area contributed by atoms with Crippen LogP contribution < -0.4 is 10.6 Å². The van der Waals surface area contributed by atoms with Crippen LogP contribution in [-0.4, -0.2) is 19.5 Å². The second-order valence-corrected chi connectivity index (χ2v) is 4.38. The monoisotopic (exact) mass is 242 g/mol. The fraction of sp³-hybridized carbons (Fsp3) is 0.267. The van der Waals surface area contributed by atoms with Gasteiger partial charge in [-0.25, -0.2) is 0 Å². The van der Waals surface area contributed by atoms with Gasteiger partial charge in [-0.3, -0.25) is 4.79 Å². The summed E-state index contributed by atoms with van der Waals surface area (Å²) in [6.45, 7) is 2.40. The molecule has 0 aromatic heterocycles. The Labute approximate surface area is 107 Å². The fourth-order valence-electron chi connectivity index (χ4n) is 1.93. The van der Waals surface area contributed by atoms with Crippen molar-refractivity contribution < 1.29 is 4.79 Å². The van der Waals surface area contributed by atoms with Crippen LogP contribution in [0.15, 0.2) is 42.5 Å².